The zero-order chi connectivity index (χ0) is 13.8. The summed E-state index contributed by atoms with van der Waals surface area (Å²) >= 11 is 1.76. The van der Waals surface area contributed by atoms with Crippen molar-refractivity contribution in [1.29, 1.82) is 0 Å². The van der Waals surface area contributed by atoms with Gasteiger partial charge >= 0.3 is 0 Å². The third kappa shape index (κ3) is 3.77. The van der Waals surface area contributed by atoms with Gasteiger partial charge in [-0.1, -0.05) is 19.3 Å². The molecule has 1 N–H and O–H groups in total. The Bertz CT molecular complexity index is 476. The van der Waals surface area contributed by atoms with E-state index < -0.39 is 10.7 Å². The molecule has 0 atom stereocenters. The predicted octanol–water partition coefficient (Wildman–Crippen LogP) is 4.33. The van der Waals surface area contributed by atoms with Crippen LogP contribution in [0.3, 0.4) is 0 Å². The molecule has 2 rings (SSSR count). The van der Waals surface area contributed by atoms with E-state index in [1.54, 1.807) is 22.6 Å². The van der Waals surface area contributed by atoms with Crippen LogP contribution in [0.25, 0.3) is 0 Å². The van der Waals surface area contributed by atoms with E-state index in [0.29, 0.717) is 12.5 Å². The zero-order valence-corrected chi connectivity index (χ0v) is 12.7. The van der Waals surface area contributed by atoms with Gasteiger partial charge in [0.15, 0.2) is 0 Å². The molecule has 1 aliphatic rings. The third-order valence-corrected chi connectivity index (χ3v) is 4.37. The van der Waals surface area contributed by atoms with Crippen LogP contribution in [0.1, 0.15) is 32.1 Å². The van der Waals surface area contributed by atoms with Crippen LogP contribution in [-0.2, 0) is 0 Å². The standard InChI is InChI=1S/C13H16FIN2O2/c14-10-6-12(13(17(18)19)7-11(10)15)16-8-9-4-2-1-3-5-9/h6-7,9,16H,1-5,8H2. The second kappa shape index (κ2) is 6.49. The zero-order valence-electron chi connectivity index (χ0n) is 10.5. The van der Waals surface area contributed by atoms with Crippen LogP contribution in [0.5, 0.6) is 0 Å². The lowest BCUT2D eigenvalue weighted by Gasteiger charge is -2.22. The van der Waals surface area contributed by atoms with E-state index in [1.165, 1.54) is 31.4 Å². The van der Waals surface area contributed by atoms with Crippen LogP contribution in [0.15, 0.2) is 12.1 Å². The summed E-state index contributed by atoms with van der Waals surface area (Å²) in [7, 11) is 0. The fraction of sp³-hybridized carbons (Fsp3) is 0.538. The monoisotopic (exact) mass is 378 g/mol. The highest BCUT2D eigenvalue weighted by molar-refractivity contribution is 14.1. The molecule has 6 heteroatoms. The third-order valence-electron chi connectivity index (χ3n) is 3.54. The Balaban J connectivity index is 2.09. The number of rotatable bonds is 4. The Morgan fingerprint density at radius 2 is 2.05 bits per heavy atom. The number of nitrogens with zero attached hydrogens (tertiary/aromatic N) is 1. The van der Waals surface area contributed by atoms with Crippen LogP contribution in [-0.4, -0.2) is 11.5 Å². The van der Waals surface area contributed by atoms with E-state index in [9.17, 15) is 14.5 Å². The smallest absolute Gasteiger partial charge is 0.293 e. The first kappa shape index (κ1) is 14.5. The largest absolute Gasteiger partial charge is 0.379 e. The highest BCUT2D eigenvalue weighted by Gasteiger charge is 2.19. The number of hydrogen-bond donors (Lipinski definition) is 1. The second-order valence-corrected chi connectivity index (χ2v) is 6.09. The molecule has 19 heavy (non-hydrogen) atoms. The topological polar surface area (TPSA) is 55.2 Å². The van der Waals surface area contributed by atoms with Crippen LogP contribution >= 0.6 is 22.6 Å². The molecule has 104 valence electrons. The molecule has 0 aromatic heterocycles. The Hall–Kier alpha value is -0.920. The van der Waals surface area contributed by atoms with Crippen LogP contribution < -0.4 is 5.32 Å². The minimum Gasteiger partial charge on any atom is -0.379 e. The van der Waals surface area contributed by atoms with Crippen LogP contribution in [0.2, 0.25) is 0 Å². The minimum atomic E-state index is -0.467. The second-order valence-electron chi connectivity index (χ2n) is 4.93. The van der Waals surface area contributed by atoms with Crippen molar-refractivity contribution in [3.63, 3.8) is 0 Å². The van der Waals surface area contributed by atoms with Crippen molar-refractivity contribution in [3.05, 3.63) is 31.6 Å². The summed E-state index contributed by atoms with van der Waals surface area (Å²) in [5, 5.41) is 14.0. The van der Waals surface area contributed by atoms with Gasteiger partial charge in [0.05, 0.1) is 8.49 Å². The average molecular weight is 378 g/mol. The molecule has 0 amide bonds. The Kier molecular flexibility index (Phi) is 4.95. The summed E-state index contributed by atoms with van der Waals surface area (Å²) < 4.78 is 13.8. The fourth-order valence-electron chi connectivity index (χ4n) is 2.47. The molecule has 0 saturated heterocycles. The number of anilines is 1. The first-order chi connectivity index (χ1) is 9.08. The molecule has 0 heterocycles. The Morgan fingerprint density at radius 3 is 2.68 bits per heavy atom. The van der Waals surface area contributed by atoms with Gasteiger partial charge in [-0.3, -0.25) is 10.1 Å². The molecular formula is C13H16FIN2O2. The number of nitro benzene ring substituents is 1. The summed E-state index contributed by atoms with van der Waals surface area (Å²) in [6.45, 7) is 0.681. The van der Waals surface area contributed by atoms with Gasteiger partial charge in [-0.2, -0.15) is 0 Å². The molecule has 1 aliphatic carbocycles. The quantitative estimate of drug-likeness (QED) is 0.482. The number of nitrogens with one attached hydrogen (secondary N) is 1. The maximum Gasteiger partial charge on any atom is 0.293 e. The van der Waals surface area contributed by atoms with Crippen molar-refractivity contribution >= 4 is 34.0 Å². The van der Waals surface area contributed by atoms with Crippen molar-refractivity contribution in [1.82, 2.24) is 0 Å². The Morgan fingerprint density at radius 1 is 1.37 bits per heavy atom. The van der Waals surface area contributed by atoms with E-state index in [4.69, 9.17) is 0 Å². The highest BCUT2D eigenvalue weighted by atomic mass is 127. The predicted molar refractivity (Wildman–Crippen MR) is 80.8 cm³/mol. The lowest BCUT2D eigenvalue weighted by molar-refractivity contribution is -0.384. The van der Waals surface area contributed by atoms with Crippen molar-refractivity contribution in [3.8, 4) is 0 Å². The summed E-state index contributed by atoms with van der Waals surface area (Å²) in [6, 6.07) is 2.50. The van der Waals surface area contributed by atoms with Crippen molar-refractivity contribution in [2.75, 3.05) is 11.9 Å². The SMILES string of the molecule is O=[N+]([O-])c1cc(I)c(F)cc1NCC1CCCCC1. The summed E-state index contributed by atoms with van der Waals surface area (Å²) in [5.41, 5.74) is 0.232. The van der Waals surface area contributed by atoms with Gasteiger partial charge < -0.3 is 5.32 Å². The molecule has 4 nitrogen and oxygen atoms in total. The number of nitro groups is 1. The fourth-order valence-corrected chi connectivity index (χ4v) is 2.93. The maximum atomic E-state index is 13.5. The maximum absolute atomic E-state index is 13.5. The molecule has 0 aliphatic heterocycles. The first-order valence-electron chi connectivity index (χ1n) is 6.45. The molecule has 1 saturated carbocycles. The number of benzene rings is 1. The molecule has 1 aromatic rings. The highest BCUT2D eigenvalue weighted by Crippen LogP contribution is 2.30. The van der Waals surface area contributed by atoms with Gasteiger partial charge in [0.2, 0.25) is 0 Å². The van der Waals surface area contributed by atoms with Gasteiger partial charge in [-0.05, 0) is 41.4 Å². The van der Waals surface area contributed by atoms with E-state index in [1.807, 2.05) is 0 Å². The van der Waals surface area contributed by atoms with Gasteiger partial charge in [0.25, 0.3) is 5.69 Å². The van der Waals surface area contributed by atoms with E-state index in [-0.39, 0.29) is 14.9 Å². The molecule has 0 spiro atoms. The lowest BCUT2D eigenvalue weighted by Crippen LogP contribution is -2.17. The minimum absolute atomic E-state index is 0.0541. The van der Waals surface area contributed by atoms with Gasteiger partial charge in [-0.25, -0.2) is 4.39 Å². The Labute approximate surface area is 125 Å². The van der Waals surface area contributed by atoms with Crippen molar-refractivity contribution < 1.29 is 9.31 Å². The average Bonchev–Trinajstić information content (AvgIpc) is 2.40. The van der Waals surface area contributed by atoms with Gasteiger partial charge in [-0.15, -0.1) is 0 Å². The van der Waals surface area contributed by atoms with E-state index >= 15 is 0 Å². The molecule has 1 aromatic carbocycles. The van der Waals surface area contributed by atoms with E-state index in [2.05, 4.69) is 5.32 Å². The molecule has 0 bridgehead atoms. The molecule has 0 unspecified atom stereocenters. The van der Waals surface area contributed by atoms with Crippen LogP contribution in [0.4, 0.5) is 15.8 Å². The lowest BCUT2D eigenvalue weighted by atomic mass is 9.89. The summed E-state index contributed by atoms with van der Waals surface area (Å²) in [4.78, 5) is 10.5. The summed E-state index contributed by atoms with van der Waals surface area (Å²) in [5.74, 6) is 0.119. The van der Waals surface area contributed by atoms with Crippen molar-refractivity contribution in [2.24, 2.45) is 5.92 Å². The number of halogens is 2. The summed E-state index contributed by atoms with van der Waals surface area (Å²) in [6.07, 6.45) is 6.00. The molecule has 0 radical (unpaired) electrons. The van der Waals surface area contributed by atoms with Gasteiger partial charge in [0.1, 0.15) is 11.5 Å². The van der Waals surface area contributed by atoms with Crippen molar-refractivity contribution in [2.45, 2.75) is 32.1 Å². The molecular weight excluding hydrogens is 362 g/mol. The number of hydrogen-bond acceptors (Lipinski definition) is 3. The molecule has 1 fully saturated rings. The first-order valence-corrected chi connectivity index (χ1v) is 7.53. The normalized spacial score (nSPS) is 16.3. The van der Waals surface area contributed by atoms with E-state index in [0.717, 1.165) is 12.8 Å². The van der Waals surface area contributed by atoms with Gasteiger partial charge in [0, 0.05) is 18.7 Å². The van der Waals surface area contributed by atoms with Crippen LogP contribution in [0, 0.1) is 25.4 Å².